The number of allylic oxidation sites excluding steroid dienone is 1. The van der Waals surface area contributed by atoms with Crippen LogP contribution in [0, 0.1) is 0 Å². The van der Waals surface area contributed by atoms with Crippen LogP contribution in [-0.4, -0.2) is 15.4 Å². The summed E-state index contributed by atoms with van der Waals surface area (Å²) >= 11 is 0. The van der Waals surface area contributed by atoms with Crippen LogP contribution in [0.15, 0.2) is 73.2 Å². The lowest BCUT2D eigenvalue weighted by Crippen LogP contribution is -2.12. The molecule has 0 spiro atoms. The van der Waals surface area contributed by atoms with Gasteiger partial charge in [0.1, 0.15) is 5.57 Å². The van der Waals surface area contributed by atoms with Crippen molar-refractivity contribution in [2.75, 3.05) is 0 Å². The van der Waals surface area contributed by atoms with Crippen LogP contribution < -0.4 is 0 Å². The Morgan fingerprint density at radius 1 is 0.690 bits per heavy atom. The maximum absolute atomic E-state index is 12.7. The molecule has 0 saturated carbocycles. The molecule has 2 aromatic carbocycles. The van der Waals surface area contributed by atoms with E-state index in [9.17, 15) is 26.3 Å². The first-order chi connectivity index (χ1) is 13.6. The van der Waals surface area contributed by atoms with Crippen molar-refractivity contribution in [1.29, 1.82) is 0 Å². The molecule has 2 nitrogen and oxygen atoms in total. The van der Waals surface area contributed by atoms with Gasteiger partial charge in [0.15, 0.2) is 12.4 Å². The second kappa shape index (κ2) is 6.65. The van der Waals surface area contributed by atoms with Crippen LogP contribution in [0.1, 0.15) is 16.7 Å². The van der Waals surface area contributed by atoms with Crippen LogP contribution in [-0.2, 0) is 12.4 Å². The molecule has 2 heterocycles. The molecule has 1 aliphatic heterocycles. The van der Waals surface area contributed by atoms with Gasteiger partial charge in [0.25, 0.3) is 0 Å². The fraction of sp³-hybridized carbons (Fsp3) is 0.0952. The van der Waals surface area contributed by atoms with Crippen molar-refractivity contribution in [3.63, 3.8) is 0 Å². The van der Waals surface area contributed by atoms with Crippen LogP contribution in [0.25, 0.3) is 11.3 Å². The number of hydrogen-bond donors (Lipinski definition) is 0. The first-order valence-corrected chi connectivity index (χ1v) is 8.49. The van der Waals surface area contributed by atoms with Gasteiger partial charge in [-0.1, -0.05) is 0 Å². The van der Waals surface area contributed by atoms with E-state index in [4.69, 9.17) is 0 Å². The van der Waals surface area contributed by atoms with E-state index in [2.05, 4.69) is 0 Å². The molecule has 0 saturated heterocycles. The predicted molar refractivity (Wildman–Crippen MR) is 96.2 cm³/mol. The highest BCUT2D eigenvalue weighted by molar-refractivity contribution is 6.10. The molecule has 8 heteroatoms. The molecule has 0 unspecified atom stereocenters. The Morgan fingerprint density at radius 2 is 1.21 bits per heavy atom. The van der Waals surface area contributed by atoms with Gasteiger partial charge in [0, 0.05) is 35.8 Å². The minimum Gasteiger partial charge on any atom is -0.323 e. The second-order valence-electron chi connectivity index (χ2n) is 6.52. The molecular weight excluding hydrogens is 394 g/mol. The maximum atomic E-state index is 12.7. The van der Waals surface area contributed by atoms with Crippen LogP contribution in [0.4, 0.5) is 32.0 Å². The highest BCUT2D eigenvalue weighted by Gasteiger charge is 2.31. The monoisotopic (exact) mass is 407 g/mol. The lowest BCUT2D eigenvalue weighted by Gasteiger charge is -2.10. The zero-order valence-electron chi connectivity index (χ0n) is 14.7. The average Bonchev–Trinajstić information content (AvgIpc) is 3.09. The van der Waals surface area contributed by atoms with Gasteiger partial charge in [0.2, 0.25) is 5.69 Å². The lowest BCUT2D eigenvalue weighted by atomic mass is 10.1. The first kappa shape index (κ1) is 19.0. The van der Waals surface area contributed by atoms with E-state index in [-0.39, 0.29) is 0 Å². The summed E-state index contributed by atoms with van der Waals surface area (Å²) in [5, 5.41) is 0. The number of halogens is 6. The van der Waals surface area contributed by atoms with Crippen molar-refractivity contribution < 1.29 is 30.9 Å². The summed E-state index contributed by atoms with van der Waals surface area (Å²) in [5.41, 5.74) is 1.46. The molecule has 0 fully saturated rings. The van der Waals surface area contributed by atoms with Gasteiger partial charge in [-0.05, 0) is 42.5 Å². The van der Waals surface area contributed by atoms with E-state index in [1.54, 1.807) is 34.0 Å². The smallest absolute Gasteiger partial charge is 0.323 e. The van der Waals surface area contributed by atoms with E-state index >= 15 is 0 Å². The van der Waals surface area contributed by atoms with E-state index in [1.807, 2.05) is 6.07 Å². The number of nitrogens with zero attached hydrogens (tertiary/aromatic N) is 2. The number of alkyl halides is 6. The van der Waals surface area contributed by atoms with Crippen molar-refractivity contribution >= 4 is 17.5 Å². The van der Waals surface area contributed by atoms with Gasteiger partial charge in [-0.3, -0.25) is 0 Å². The Morgan fingerprint density at radius 3 is 1.72 bits per heavy atom. The third-order valence-corrected chi connectivity index (χ3v) is 4.57. The van der Waals surface area contributed by atoms with Gasteiger partial charge in [-0.15, -0.1) is 0 Å². The third-order valence-electron chi connectivity index (χ3n) is 4.57. The number of aromatic nitrogens is 1. The average molecular weight is 407 g/mol. The van der Waals surface area contributed by atoms with Gasteiger partial charge in [-0.2, -0.15) is 30.9 Å². The van der Waals surface area contributed by atoms with Gasteiger partial charge in [-0.25, -0.2) is 0 Å². The molecule has 0 bridgehead atoms. The molecule has 0 N–H and O–H groups in total. The minimum absolute atomic E-state index is 0.587. The summed E-state index contributed by atoms with van der Waals surface area (Å²) in [6.45, 7) is 0. The number of benzene rings is 2. The fourth-order valence-corrected chi connectivity index (χ4v) is 2.96. The van der Waals surface area contributed by atoms with Crippen LogP contribution >= 0.6 is 0 Å². The summed E-state index contributed by atoms with van der Waals surface area (Å²) in [5.74, 6) is 0. The molecule has 1 aliphatic rings. The van der Waals surface area contributed by atoms with Crippen LogP contribution in [0.5, 0.6) is 0 Å². The summed E-state index contributed by atoms with van der Waals surface area (Å²) in [6.07, 6.45) is -1.71. The molecule has 0 amide bonds. The second-order valence-corrected chi connectivity index (χ2v) is 6.52. The standard InChI is InChI=1S/C21H13F6N2/c22-20(23,24)16-1-5-18(6-2-16)28-10-9-14(11-28)15-12-29(13-15)19-7-3-17(4-8-19)21(25,26)27/h1-13H/q+1. The van der Waals surface area contributed by atoms with Gasteiger partial charge < -0.3 is 4.57 Å². The van der Waals surface area contributed by atoms with Crippen molar-refractivity contribution in [3.05, 3.63) is 89.9 Å². The lowest BCUT2D eigenvalue weighted by molar-refractivity contribution is -0.362. The maximum Gasteiger partial charge on any atom is 0.416 e. The summed E-state index contributed by atoms with van der Waals surface area (Å²) in [6, 6.07) is 11.5. The normalized spacial score (nSPS) is 14.3. The van der Waals surface area contributed by atoms with Gasteiger partial charge in [0.05, 0.1) is 11.1 Å². The Bertz CT molecular complexity index is 1100. The summed E-state index contributed by atoms with van der Waals surface area (Å²) < 4.78 is 79.3. The predicted octanol–water partition coefficient (Wildman–Crippen LogP) is 6.28. The van der Waals surface area contributed by atoms with Crippen LogP contribution in [0.3, 0.4) is 0 Å². The summed E-state index contributed by atoms with van der Waals surface area (Å²) in [4.78, 5) is 0. The van der Waals surface area contributed by atoms with Crippen molar-refractivity contribution in [2.24, 2.45) is 0 Å². The minimum atomic E-state index is -4.38. The van der Waals surface area contributed by atoms with E-state index in [0.29, 0.717) is 11.4 Å². The fourth-order valence-electron chi connectivity index (χ4n) is 2.96. The molecule has 29 heavy (non-hydrogen) atoms. The topological polar surface area (TPSA) is 7.94 Å². The molecule has 3 aromatic rings. The molecule has 1 aromatic heterocycles. The van der Waals surface area contributed by atoms with Crippen molar-refractivity contribution in [2.45, 2.75) is 12.4 Å². The van der Waals surface area contributed by atoms with E-state index < -0.39 is 23.5 Å². The van der Waals surface area contributed by atoms with E-state index in [0.717, 1.165) is 35.4 Å². The SMILES string of the molecule is FC(F)(F)c1ccc(-n2ccc(C3=C[N+](c4ccc(C(F)(F)F)cc4)=C3)c2)cc1. The third kappa shape index (κ3) is 3.83. The quantitative estimate of drug-likeness (QED) is 0.356. The molecule has 4 rings (SSSR count). The van der Waals surface area contributed by atoms with Gasteiger partial charge >= 0.3 is 12.4 Å². The summed E-state index contributed by atoms with van der Waals surface area (Å²) in [7, 11) is 0. The largest absolute Gasteiger partial charge is 0.416 e. The van der Waals surface area contributed by atoms with Crippen LogP contribution in [0.2, 0.25) is 0 Å². The highest BCUT2D eigenvalue weighted by atomic mass is 19.4. The van der Waals surface area contributed by atoms with Crippen molar-refractivity contribution in [3.8, 4) is 5.69 Å². The first-order valence-electron chi connectivity index (χ1n) is 8.49. The zero-order chi connectivity index (χ0) is 20.8. The molecule has 0 aliphatic carbocycles. The zero-order valence-corrected chi connectivity index (χ0v) is 14.7. The Hall–Kier alpha value is -3.29. The van der Waals surface area contributed by atoms with E-state index in [1.165, 1.54) is 24.3 Å². The molecular formula is C21H13F6N2+. The van der Waals surface area contributed by atoms with Crippen molar-refractivity contribution in [1.82, 2.24) is 4.57 Å². The Labute approximate surface area is 161 Å². The number of hydrogen-bond acceptors (Lipinski definition) is 0. The molecule has 0 radical (unpaired) electrons. The Balaban J connectivity index is 1.47. The number of rotatable bonds is 3. The highest BCUT2D eigenvalue weighted by Crippen LogP contribution is 2.32. The molecule has 0 atom stereocenters. The Kier molecular flexibility index (Phi) is 4.37. The molecule has 148 valence electrons.